The maximum atomic E-state index is 12.9. The van der Waals surface area contributed by atoms with Crippen LogP contribution in [-0.2, 0) is 18.0 Å². The molecule has 6 heteroatoms. The number of ether oxygens (including phenoxy) is 4. The Morgan fingerprint density at radius 3 is 2.03 bits per heavy atom. The van der Waals surface area contributed by atoms with Crippen molar-refractivity contribution in [1.29, 1.82) is 0 Å². The molecular weight excluding hydrogens is 468 g/mol. The van der Waals surface area contributed by atoms with Gasteiger partial charge in [0.15, 0.2) is 12.6 Å². The van der Waals surface area contributed by atoms with E-state index in [1.54, 1.807) is 43.5 Å². The maximum absolute atomic E-state index is 12.9. The van der Waals surface area contributed by atoms with Gasteiger partial charge in [0.2, 0.25) is 0 Å². The lowest BCUT2D eigenvalue weighted by atomic mass is 10.1. The maximum Gasteiger partial charge on any atom is 0.189 e. The van der Waals surface area contributed by atoms with Crippen molar-refractivity contribution in [2.45, 2.75) is 13.2 Å². The number of rotatable bonds is 12. The van der Waals surface area contributed by atoms with Crippen LogP contribution in [0.1, 0.15) is 27.0 Å². The summed E-state index contributed by atoms with van der Waals surface area (Å²) in [6.45, 7) is 0.827. The number of phenols is 1. The quantitative estimate of drug-likeness (QED) is 0.138. The summed E-state index contributed by atoms with van der Waals surface area (Å²) in [5.74, 6) is 1.11. The fourth-order valence-electron chi connectivity index (χ4n) is 3.54. The molecular formula is C31H28O6. The monoisotopic (exact) mass is 496 g/mol. The van der Waals surface area contributed by atoms with Gasteiger partial charge in [-0.15, -0.1) is 0 Å². The third kappa shape index (κ3) is 7.46. The first-order valence-corrected chi connectivity index (χ1v) is 11.8. The zero-order valence-corrected chi connectivity index (χ0v) is 20.5. The number of carbonyl (C=O) groups excluding carboxylic acids is 1. The topological polar surface area (TPSA) is 74.2 Å². The van der Waals surface area contributed by atoms with E-state index in [0.717, 1.165) is 11.1 Å². The first kappa shape index (κ1) is 25.5. The Labute approximate surface area is 216 Å². The number of phenolic OH excluding ortho intramolecular Hbond substituents is 1. The molecule has 0 amide bonds. The van der Waals surface area contributed by atoms with Crippen molar-refractivity contribution in [3.8, 4) is 23.0 Å². The summed E-state index contributed by atoms with van der Waals surface area (Å²) in [6, 6.07) is 29.5. The van der Waals surface area contributed by atoms with E-state index in [1.165, 1.54) is 12.1 Å². The average Bonchev–Trinajstić information content (AvgIpc) is 2.94. The van der Waals surface area contributed by atoms with Crippen LogP contribution < -0.4 is 14.2 Å². The van der Waals surface area contributed by atoms with Crippen LogP contribution in [-0.4, -0.2) is 24.8 Å². The van der Waals surface area contributed by atoms with Gasteiger partial charge in [-0.3, -0.25) is 4.79 Å². The predicted molar refractivity (Wildman–Crippen MR) is 142 cm³/mol. The molecule has 0 saturated heterocycles. The number of hydrogen-bond donors (Lipinski definition) is 1. The van der Waals surface area contributed by atoms with Crippen LogP contribution in [0.15, 0.2) is 103 Å². The average molecular weight is 497 g/mol. The Kier molecular flexibility index (Phi) is 8.94. The van der Waals surface area contributed by atoms with Crippen molar-refractivity contribution in [1.82, 2.24) is 0 Å². The fourth-order valence-corrected chi connectivity index (χ4v) is 3.54. The largest absolute Gasteiger partial charge is 0.507 e. The summed E-state index contributed by atoms with van der Waals surface area (Å²) in [7, 11) is 1.55. The highest BCUT2D eigenvalue weighted by Gasteiger charge is 2.11. The number of aromatic hydroxyl groups is 1. The van der Waals surface area contributed by atoms with Gasteiger partial charge in [-0.25, -0.2) is 0 Å². The van der Waals surface area contributed by atoms with Gasteiger partial charge in [0.25, 0.3) is 0 Å². The van der Waals surface area contributed by atoms with Crippen LogP contribution in [0.25, 0.3) is 6.08 Å². The van der Waals surface area contributed by atoms with E-state index in [2.05, 4.69) is 0 Å². The van der Waals surface area contributed by atoms with Crippen LogP contribution >= 0.6 is 0 Å². The number of ketones is 1. The molecule has 0 aliphatic heterocycles. The highest BCUT2D eigenvalue weighted by molar-refractivity contribution is 6.08. The van der Waals surface area contributed by atoms with E-state index < -0.39 is 0 Å². The molecule has 1 N–H and O–H groups in total. The van der Waals surface area contributed by atoms with E-state index in [9.17, 15) is 9.90 Å². The number of allylic oxidation sites excluding steroid dienone is 1. The standard InChI is InChI=1S/C31H28O6/c1-34-22-37-27-14-12-25(31(19-27)36-21-24-10-6-3-7-11-24)13-17-29(32)28-16-15-26(18-30(28)33)35-20-23-8-4-2-5-9-23/h2-19,33H,20-22H2,1H3. The van der Waals surface area contributed by atoms with Gasteiger partial charge in [-0.1, -0.05) is 60.7 Å². The Morgan fingerprint density at radius 1 is 0.757 bits per heavy atom. The summed E-state index contributed by atoms with van der Waals surface area (Å²) < 4.78 is 22.3. The molecule has 0 saturated carbocycles. The zero-order valence-electron chi connectivity index (χ0n) is 20.5. The first-order valence-electron chi connectivity index (χ1n) is 11.8. The molecule has 4 rings (SSSR count). The van der Waals surface area contributed by atoms with Gasteiger partial charge in [0.1, 0.15) is 36.2 Å². The number of hydrogen-bond acceptors (Lipinski definition) is 6. The lowest BCUT2D eigenvalue weighted by molar-refractivity contribution is 0.0509. The molecule has 6 nitrogen and oxygen atoms in total. The highest BCUT2D eigenvalue weighted by atomic mass is 16.7. The molecule has 0 spiro atoms. The molecule has 4 aromatic carbocycles. The molecule has 0 fully saturated rings. The van der Waals surface area contributed by atoms with Crippen LogP contribution in [0.2, 0.25) is 0 Å². The minimum atomic E-state index is -0.346. The lowest BCUT2D eigenvalue weighted by Gasteiger charge is -2.12. The second-order valence-electron chi connectivity index (χ2n) is 8.18. The summed E-state index contributed by atoms with van der Waals surface area (Å²) >= 11 is 0. The minimum Gasteiger partial charge on any atom is -0.507 e. The van der Waals surface area contributed by atoms with Crippen molar-refractivity contribution >= 4 is 11.9 Å². The summed E-state index contributed by atoms with van der Waals surface area (Å²) in [5, 5.41) is 10.5. The smallest absolute Gasteiger partial charge is 0.189 e. The molecule has 0 unspecified atom stereocenters. The third-order valence-corrected chi connectivity index (χ3v) is 5.46. The third-order valence-electron chi connectivity index (χ3n) is 5.46. The van der Waals surface area contributed by atoms with Gasteiger partial charge in [0.05, 0.1) is 5.56 Å². The van der Waals surface area contributed by atoms with Crippen molar-refractivity contribution in [3.63, 3.8) is 0 Å². The summed E-state index contributed by atoms with van der Waals surface area (Å²) in [4.78, 5) is 12.9. The van der Waals surface area contributed by atoms with Gasteiger partial charge in [0, 0.05) is 24.8 Å². The number of benzene rings is 4. The first-order chi connectivity index (χ1) is 18.1. The SMILES string of the molecule is COCOc1ccc(C=CC(=O)c2ccc(OCc3ccccc3)cc2O)c(OCc2ccccc2)c1. The highest BCUT2D eigenvalue weighted by Crippen LogP contribution is 2.29. The Morgan fingerprint density at radius 2 is 1.38 bits per heavy atom. The van der Waals surface area contributed by atoms with Gasteiger partial charge >= 0.3 is 0 Å². The van der Waals surface area contributed by atoms with Crippen molar-refractivity contribution < 1.29 is 28.8 Å². The van der Waals surface area contributed by atoms with Crippen LogP contribution in [0.5, 0.6) is 23.0 Å². The Hall–Kier alpha value is -4.55. The molecule has 37 heavy (non-hydrogen) atoms. The van der Waals surface area contributed by atoms with E-state index >= 15 is 0 Å². The molecule has 0 heterocycles. The summed E-state index contributed by atoms with van der Waals surface area (Å²) in [5.41, 5.74) is 2.89. The van der Waals surface area contributed by atoms with Crippen LogP contribution in [0.3, 0.4) is 0 Å². The van der Waals surface area contributed by atoms with Gasteiger partial charge in [-0.2, -0.15) is 0 Å². The number of carbonyl (C=O) groups is 1. The van der Waals surface area contributed by atoms with E-state index in [4.69, 9.17) is 18.9 Å². The minimum absolute atomic E-state index is 0.107. The van der Waals surface area contributed by atoms with E-state index in [-0.39, 0.29) is 23.9 Å². The van der Waals surface area contributed by atoms with Gasteiger partial charge < -0.3 is 24.1 Å². The second-order valence-corrected chi connectivity index (χ2v) is 8.18. The van der Waals surface area contributed by atoms with Crippen molar-refractivity contribution in [3.05, 3.63) is 125 Å². The van der Waals surface area contributed by atoms with Crippen LogP contribution in [0, 0.1) is 0 Å². The van der Waals surface area contributed by atoms with Crippen LogP contribution in [0.4, 0.5) is 0 Å². The second kappa shape index (κ2) is 13.0. The summed E-state index contributed by atoms with van der Waals surface area (Å²) in [6.07, 6.45) is 3.06. The fraction of sp³-hybridized carbons (Fsp3) is 0.129. The van der Waals surface area contributed by atoms with Gasteiger partial charge in [-0.05, 0) is 47.5 Å². The van der Waals surface area contributed by atoms with E-state index in [0.29, 0.717) is 36.0 Å². The molecule has 0 bridgehead atoms. The molecule has 4 aromatic rings. The normalized spacial score (nSPS) is 10.8. The predicted octanol–water partition coefficient (Wildman–Crippen LogP) is 6.43. The zero-order chi connectivity index (χ0) is 25.9. The molecule has 0 aliphatic rings. The Bertz CT molecular complexity index is 1330. The molecule has 0 aliphatic carbocycles. The van der Waals surface area contributed by atoms with Crippen molar-refractivity contribution in [2.75, 3.05) is 13.9 Å². The molecule has 0 radical (unpaired) electrons. The number of methoxy groups -OCH3 is 1. The molecule has 188 valence electrons. The lowest BCUT2D eigenvalue weighted by Crippen LogP contribution is -2.01. The molecule has 0 aromatic heterocycles. The Balaban J connectivity index is 1.46. The van der Waals surface area contributed by atoms with Crippen molar-refractivity contribution in [2.24, 2.45) is 0 Å². The van der Waals surface area contributed by atoms with E-state index in [1.807, 2.05) is 60.7 Å². The molecule has 0 atom stereocenters.